The van der Waals surface area contributed by atoms with Gasteiger partial charge in [-0.3, -0.25) is 0 Å². The van der Waals surface area contributed by atoms with Crippen LogP contribution in [0.2, 0.25) is 0 Å². The number of halogens is 1. The van der Waals surface area contributed by atoms with Gasteiger partial charge in [0.1, 0.15) is 0 Å². The van der Waals surface area contributed by atoms with Gasteiger partial charge < -0.3 is 0 Å². The maximum absolute atomic E-state index is 12.2. The standard InChI is InChI=1S/C11H14BrNO2S/c1-9-2-4-11(5-3-9)16(14,15)13-7-6-10(13)8-12/h2-5,10H,6-8H2,1H3. The molecule has 1 atom stereocenters. The minimum Gasteiger partial charge on any atom is -0.207 e. The van der Waals surface area contributed by atoms with Crippen LogP contribution in [-0.4, -0.2) is 30.6 Å². The molecule has 0 amide bonds. The summed E-state index contributed by atoms with van der Waals surface area (Å²) in [5, 5.41) is 0.706. The van der Waals surface area contributed by atoms with Crippen molar-refractivity contribution in [3.63, 3.8) is 0 Å². The zero-order chi connectivity index (χ0) is 11.8. The van der Waals surface area contributed by atoms with Crippen LogP contribution in [0.15, 0.2) is 29.2 Å². The normalized spacial score (nSPS) is 21.8. The van der Waals surface area contributed by atoms with E-state index in [4.69, 9.17) is 0 Å². The molecule has 5 heteroatoms. The molecule has 1 fully saturated rings. The summed E-state index contributed by atoms with van der Waals surface area (Å²) >= 11 is 3.34. The van der Waals surface area contributed by atoms with Crippen LogP contribution in [0.5, 0.6) is 0 Å². The monoisotopic (exact) mass is 303 g/mol. The van der Waals surface area contributed by atoms with Gasteiger partial charge in [0.2, 0.25) is 10.0 Å². The van der Waals surface area contributed by atoms with E-state index >= 15 is 0 Å². The molecule has 0 spiro atoms. The summed E-state index contributed by atoms with van der Waals surface area (Å²) in [6.07, 6.45) is 0.941. The van der Waals surface area contributed by atoms with Crippen molar-refractivity contribution in [2.75, 3.05) is 11.9 Å². The Labute approximate surface area is 105 Å². The van der Waals surface area contributed by atoms with E-state index in [2.05, 4.69) is 15.9 Å². The highest BCUT2D eigenvalue weighted by Crippen LogP contribution is 2.27. The van der Waals surface area contributed by atoms with Gasteiger partial charge in [-0.05, 0) is 25.5 Å². The predicted molar refractivity (Wildman–Crippen MR) is 67.3 cm³/mol. The quantitative estimate of drug-likeness (QED) is 0.803. The summed E-state index contributed by atoms with van der Waals surface area (Å²) in [6, 6.07) is 7.13. The van der Waals surface area contributed by atoms with Crippen molar-refractivity contribution in [2.45, 2.75) is 24.3 Å². The van der Waals surface area contributed by atoms with E-state index in [1.807, 2.05) is 19.1 Å². The summed E-state index contributed by atoms with van der Waals surface area (Å²) in [7, 11) is -3.28. The topological polar surface area (TPSA) is 37.4 Å². The van der Waals surface area contributed by atoms with Crippen LogP contribution < -0.4 is 0 Å². The molecule has 0 aromatic heterocycles. The molecule has 0 bridgehead atoms. The maximum atomic E-state index is 12.2. The molecule has 1 unspecified atom stereocenters. The first-order valence-corrected chi connectivity index (χ1v) is 7.76. The number of alkyl halides is 1. The Morgan fingerprint density at radius 1 is 1.38 bits per heavy atom. The molecule has 16 heavy (non-hydrogen) atoms. The summed E-state index contributed by atoms with van der Waals surface area (Å²) in [5.74, 6) is 0. The molecular weight excluding hydrogens is 290 g/mol. The molecule has 1 aliphatic heterocycles. The molecule has 0 N–H and O–H groups in total. The van der Waals surface area contributed by atoms with Crippen molar-refractivity contribution in [1.82, 2.24) is 4.31 Å². The molecule has 1 heterocycles. The molecule has 1 saturated heterocycles. The lowest BCUT2D eigenvalue weighted by molar-refractivity contribution is 0.223. The summed E-state index contributed by atoms with van der Waals surface area (Å²) in [6.45, 7) is 2.58. The van der Waals surface area contributed by atoms with E-state index in [9.17, 15) is 8.42 Å². The van der Waals surface area contributed by atoms with Crippen molar-refractivity contribution in [2.24, 2.45) is 0 Å². The van der Waals surface area contributed by atoms with E-state index in [0.29, 0.717) is 16.8 Å². The van der Waals surface area contributed by atoms with Gasteiger partial charge in [0, 0.05) is 17.9 Å². The first kappa shape index (κ1) is 12.1. The second-order valence-electron chi connectivity index (χ2n) is 4.03. The fourth-order valence-corrected chi connectivity index (χ4v) is 4.27. The van der Waals surface area contributed by atoms with Gasteiger partial charge in [0.05, 0.1) is 4.90 Å². The van der Waals surface area contributed by atoms with Crippen molar-refractivity contribution >= 4 is 26.0 Å². The lowest BCUT2D eigenvalue weighted by Gasteiger charge is -2.38. The van der Waals surface area contributed by atoms with Crippen molar-refractivity contribution in [3.8, 4) is 0 Å². The molecule has 88 valence electrons. The number of rotatable bonds is 3. The van der Waals surface area contributed by atoms with Crippen LogP contribution >= 0.6 is 15.9 Å². The Bertz CT molecular complexity index is 467. The first-order chi connectivity index (χ1) is 7.55. The van der Waals surface area contributed by atoms with Crippen LogP contribution in [0.3, 0.4) is 0 Å². The molecule has 1 aliphatic rings. The van der Waals surface area contributed by atoms with E-state index in [1.165, 1.54) is 0 Å². The van der Waals surface area contributed by atoms with E-state index in [-0.39, 0.29) is 6.04 Å². The highest BCUT2D eigenvalue weighted by molar-refractivity contribution is 9.09. The Morgan fingerprint density at radius 2 is 2.00 bits per heavy atom. The molecule has 0 aliphatic carbocycles. The molecule has 2 rings (SSSR count). The SMILES string of the molecule is Cc1ccc(S(=O)(=O)N2CCC2CBr)cc1. The van der Waals surface area contributed by atoms with E-state index in [0.717, 1.165) is 12.0 Å². The van der Waals surface area contributed by atoms with Gasteiger partial charge in [0.25, 0.3) is 0 Å². The van der Waals surface area contributed by atoms with Crippen LogP contribution in [-0.2, 0) is 10.0 Å². The van der Waals surface area contributed by atoms with Crippen molar-refractivity contribution in [1.29, 1.82) is 0 Å². The summed E-state index contributed by atoms with van der Waals surface area (Å²) in [5.41, 5.74) is 1.07. The van der Waals surface area contributed by atoms with Gasteiger partial charge in [0.15, 0.2) is 0 Å². The molecular formula is C11H14BrNO2S. The second kappa shape index (κ2) is 4.47. The fraction of sp³-hybridized carbons (Fsp3) is 0.455. The Morgan fingerprint density at radius 3 is 2.44 bits per heavy atom. The lowest BCUT2D eigenvalue weighted by Crippen LogP contribution is -2.51. The minimum atomic E-state index is -3.28. The third-order valence-electron chi connectivity index (χ3n) is 2.90. The van der Waals surface area contributed by atoms with Crippen LogP contribution in [0.25, 0.3) is 0 Å². The number of hydrogen-bond donors (Lipinski definition) is 0. The van der Waals surface area contributed by atoms with Crippen molar-refractivity contribution < 1.29 is 8.42 Å². The third kappa shape index (κ3) is 2.04. The molecule has 0 saturated carbocycles. The van der Waals surface area contributed by atoms with Crippen molar-refractivity contribution in [3.05, 3.63) is 29.8 Å². The number of hydrogen-bond acceptors (Lipinski definition) is 2. The Kier molecular flexibility index (Phi) is 3.37. The zero-order valence-corrected chi connectivity index (χ0v) is 11.5. The number of nitrogens with zero attached hydrogens (tertiary/aromatic N) is 1. The lowest BCUT2D eigenvalue weighted by atomic mass is 10.1. The maximum Gasteiger partial charge on any atom is 0.243 e. The summed E-state index contributed by atoms with van der Waals surface area (Å²) < 4.78 is 26.0. The van der Waals surface area contributed by atoms with Gasteiger partial charge in [-0.1, -0.05) is 33.6 Å². The Balaban J connectivity index is 2.29. The second-order valence-corrected chi connectivity index (χ2v) is 6.56. The smallest absolute Gasteiger partial charge is 0.207 e. The molecule has 0 radical (unpaired) electrons. The highest BCUT2D eigenvalue weighted by Gasteiger charge is 2.37. The van der Waals surface area contributed by atoms with Gasteiger partial charge in [-0.2, -0.15) is 4.31 Å². The van der Waals surface area contributed by atoms with Gasteiger partial charge >= 0.3 is 0 Å². The number of sulfonamides is 1. The molecule has 1 aromatic carbocycles. The number of aryl methyl sites for hydroxylation is 1. The average Bonchev–Trinajstić information content (AvgIpc) is 2.16. The molecule has 1 aromatic rings. The van der Waals surface area contributed by atoms with E-state index in [1.54, 1.807) is 16.4 Å². The molecule has 3 nitrogen and oxygen atoms in total. The van der Waals surface area contributed by atoms with Crippen LogP contribution in [0.4, 0.5) is 0 Å². The number of benzene rings is 1. The van der Waals surface area contributed by atoms with E-state index < -0.39 is 10.0 Å². The van der Waals surface area contributed by atoms with Gasteiger partial charge in [-0.15, -0.1) is 0 Å². The average molecular weight is 304 g/mol. The first-order valence-electron chi connectivity index (χ1n) is 5.20. The summed E-state index contributed by atoms with van der Waals surface area (Å²) in [4.78, 5) is 0.392. The van der Waals surface area contributed by atoms with Crippen LogP contribution in [0, 0.1) is 6.92 Å². The van der Waals surface area contributed by atoms with Crippen LogP contribution in [0.1, 0.15) is 12.0 Å². The minimum absolute atomic E-state index is 0.117. The Hall–Kier alpha value is -0.390. The zero-order valence-electron chi connectivity index (χ0n) is 9.06. The predicted octanol–water partition coefficient (Wildman–Crippen LogP) is 2.15. The highest BCUT2D eigenvalue weighted by atomic mass is 79.9. The largest absolute Gasteiger partial charge is 0.243 e. The fourth-order valence-electron chi connectivity index (χ4n) is 1.73. The van der Waals surface area contributed by atoms with Gasteiger partial charge in [-0.25, -0.2) is 8.42 Å². The third-order valence-corrected chi connectivity index (χ3v) is 5.61.